The fourth-order valence-corrected chi connectivity index (χ4v) is 3.67. The van der Waals surface area contributed by atoms with Gasteiger partial charge in [0.1, 0.15) is 23.2 Å². The summed E-state index contributed by atoms with van der Waals surface area (Å²) in [6, 6.07) is 39.0. The molecule has 7 heteroatoms. The van der Waals surface area contributed by atoms with Crippen LogP contribution in [0, 0.1) is 0 Å². The minimum Gasteiger partial charge on any atom is -0.456 e. The maximum absolute atomic E-state index is 6.18. The first kappa shape index (κ1) is 27.3. The van der Waals surface area contributed by atoms with Gasteiger partial charge in [0, 0.05) is 22.3 Å². The third-order valence-corrected chi connectivity index (χ3v) is 5.55. The van der Waals surface area contributed by atoms with Crippen molar-refractivity contribution < 1.29 is 4.42 Å². The van der Waals surface area contributed by atoms with Crippen LogP contribution in [0.2, 0.25) is 0 Å². The molecule has 0 saturated heterocycles. The van der Waals surface area contributed by atoms with Gasteiger partial charge in [0.25, 0.3) is 0 Å². The number of furan rings is 1. The van der Waals surface area contributed by atoms with Crippen molar-refractivity contribution in [3.8, 4) is 22.6 Å². The molecule has 0 atom stereocenters. The number of amidine groups is 2. The first-order valence-electron chi connectivity index (χ1n) is 11.3. The van der Waals surface area contributed by atoms with E-state index in [0.29, 0.717) is 11.7 Å². The largest absolute Gasteiger partial charge is 0.456 e. The van der Waals surface area contributed by atoms with Gasteiger partial charge in [-0.3, -0.25) is 0 Å². The van der Waals surface area contributed by atoms with Crippen LogP contribution < -0.4 is 11.5 Å². The molecule has 0 radical (unpaired) electrons. The first-order valence-corrected chi connectivity index (χ1v) is 11.3. The van der Waals surface area contributed by atoms with Gasteiger partial charge in [0.2, 0.25) is 0 Å². The second-order valence-corrected chi connectivity index (χ2v) is 7.98. The standard InChI is InChI=1S/C30H24N4O.2ClH/c31-29(33-25-7-3-1-4-8-25)23-15-11-21(12-16-23)27-19-20-28(35-27)22-13-17-24(18-14-22)30(32)34-26-9-5-2-6-10-26;;/h1-20H,(H2,31,33)(H2,32,34);2*1H. The van der Waals surface area contributed by atoms with Crippen molar-refractivity contribution in [1.82, 2.24) is 0 Å². The van der Waals surface area contributed by atoms with E-state index in [1.165, 1.54) is 0 Å². The Morgan fingerprint density at radius 2 is 0.811 bits per heavy atom. The van der Waals surface area contributed by atoms with E-state index in [1.54, 1.807) is 0 Å². The van der Waals surface area contributed by atoms with E-state index < -0.39 is 0 Å². The molecule has 1 heterocycles. The lowest BCUT2D eigenvalue weighted by Crippen LogP contribution is -2.12. The number of hydrogen-bond acceptors (Lipinski definition) is 3. The molecule has 5 aromatic rings. The van der Waals surface area contributed by atoms with E-state index >= 15 is 0 Å². The maximum Gasteiger partial charge on any atom is 0.134 e. The molecule has 5 nitrogen and oxygen atoms in total. The third kappa shape index (κ3) is 6.67. The molecule has 0 aliphatic carbocycles. The Kier molecular flexibility index (Phi) is 9.27. The van der Waals surface area contributed by atoms with E-state index in [0.717, 1.165) is 45.1 Å². The minimum absolute atomic E-state index is 0. The minimum atomic E-state index is 0. The zero-order valence-corrected chi connectivity index (χ0v) is 21.5. The number of halogens is 2. The molecule has 4 aromatic carbocycles. The molecular formula is C30H26Cl2N4O. The average Bonchev–Trinajstić information content (AvgIpc) is 3.40. The molecule has 0 bridgehead atoms. The topological polar surface area (TPSA) is 89.9 Å². The van der Waals surface area contributed by atoms with Crippen molar-refractivity contribution in [3.05, 3.63) is 132 Å². The smallest absolute Gasteiger partial charge is 0.134 e. The van der Waals surface area contributed by atoms with Gasteiger partial charge in [-0.15, -0.1) is 24.8 Å². The second-order valence-electron chi connectivity index (χ2n) is 7.98. The van der Waals surface area contributed by atoms with E-state index in [-0.39, 0.29) is 24.8 Å². The summed E-state index contributed by atoms with van der Waals surface area (Å²) in [7, 11) is 0. The number of benzene rings is 4. The summed E-state index contributed by atoms with van der Waals surface area (Å²) in [5.41, 5.74) is 17.6. The van der Waals surface area contributed by atoms with Crippen LogP contribution in [0.1, 0.15) is 11.1 Å². The average molecular weight is 529 g/mol. The van der Waals surface area contributed by atoms with Gasteiger partial charge < -0.3 is 15.9 Å². The summed E-state index contributed by atoms with van der Waals surface area (Å²) in [5.74, 6) is 2.50. The third-order valence-electron chi connectivity index (χ3n) is 5.55. The fraction of sp³-hybridized carbons (Fsp3) is 0. The lowest BCUT2D eigenvalue weighted by molar-refractivity contribution is 0.597. The second kappa shape index (κ2) is 12.6. The first-order chi connectivity index (χ1) is 17.2. The molecule has 0 saturated carbocycles. The van der Waals surface area contributed by atoms with Gasteiger partial charge in [0.05, 0.1) is 11.4 Å². The maximum atomic E-state index is 6.18. The number of hydrogen-bond donors (Lipinski definition) is 2. The number of nitrogens with zero attached hydrogens (tertiary/aromatic N) is 2. The molecule has 1 aromatic heterocycles. The Labute approximate surface area is 228 Å². The summed E-state index contributed by atoms with van der Waals surface area (Å²) in [6.45, 7) is 0. The summed E-state index contributed by atoms with van der Waals surface area (Å²) < 4.78 is 6.12. The lowest BCUT2D eigenvalue weighted by atomic mass is 10.1. The molecule has 0 unspecified atom stereocenters. The molecule has 0 spiro atoms. The Morgan fingerprint density at radius 3 is 1.16 bits per heavy atom. The van der Waals surface area contributed by atoms with E-state index in [9.17, 15) is 0 Å². The molecular weight excluding hydrogens is 503 g/mol. The van der Waals surface area contributed by atoms with Crippen molar-refractivity contribution in [2.45, 2.75) is 0 Å². The highest BCUT2D eigenvalue weighted by Gasteiger charge is 2.09. The van der Waals surface area contributed by atoms with Crippen molar-refractivity contribution in [2.24, 2.45) is 21.5 Å². The van der Waals surface area contributed by atoms with Gasteiger partial charge in [-0.05, 0) is 36.4 Å². The lowest BCUT2D eigenvalue weighted by Gasteiger charge is -2.04. The molecule has 0 aliphatic rings. The van der Waals surface area contributed by atoms with Crippen LogP contribution in [0.15, 0.2) is 136 Å². The Balaban J connectivity index is 0.00000190. The highest BCUT2D eigenvalue weighted by molar-refractivity contribution is 6.00. The van der Waals surface area contributed by atoms with Crippen LogP contribution >= 0.6 is 24.8 Å². The highest BCUT2D eigenvalue weighted by atomic mass is 35.5. The number of nitrogens with two attached hydrogens (primary N) is 2. The molecule has 0 fully saturated rings. The van der Waals surface area contributed by atoms with Gasteiger partial charge >= 0.3 is 0 Å². The molecule has 0 amide bonds. The van der Waals surface area contributed by atoms with Crippen molar-refractivity contribution in [3.63, 3.8) is 0 Å². The van der Waals surface area contributed by atoms with Crippen molar-refractivity contribution >= 4 is 47.9 Å². The number of aliphatic imine (C=N–C) groups is 2. The predicted octanol–water partition coefficient (Wildman–Crippen LogP) is 7.53. The van der Waals surface area contributed by atoms with E-state index in [4.69, 9.17) is 15.9 Å². The SMILES string of the molecule is Cl.Cl.NC(=Nc1ccccc1)c1ccc(-c2ccc(-c3ccc(C(N)=Nc4ccccc4)cc3)o2)cc1. The van der Waals surface area contributed by atoms with Crippen molar-refractivity contribution in [1.29, 1.82) is 0 Å². The quantitative estimate of drug-likeness (QED) is 0.176. The molecule has 37 heavy (non-hydrogen) atoms. The van der Waals surface area contributed by atoms with Crippen LogP contribution in [0.4, 0.5) is 11.4 Å². The number of para-hydroxylation sites is 2. The normalized spacial score (nSPS) is 11.4. The predicted molar refractivity (Wildman–Crippen MR) is 158 cm³/mol. The van der Waals surface area contributed by atoms with Crippen LogP contribution in [0.5, 0.6) is 0 Å². The van der Waals surface area contributed by atoms with Gasteiger partial charge in [-0.2, -0.15) is 0 Å². The summed E-state index contributed by atoms with van der Waals surface area (Å²) in [5, 5.41) is 0. The van der Waals surface area contributed by atoms with Crippen LogP contribution in [0.25, 0.3) is 22.6 Å². The molecule has 0 aliphatic heterocycles. The summed E-state index contributed by atoms with van der Waals surface area (Å²) in [4.78, 5) is 8.94. The van der Waals surface area contributed by atoms with Gasteiger partial charge in [-0.1, -0.05) is 84.9 Å². The highest BCUT2D eigenvalue weighted by Crippen LogP contribution is 2.29. The monoisotopic (exact) mass is 528 g/mol. The molecule has 186 valence electrons. The van der Waals surface area contributed by atoms with Gasteiger partial charge in [0.15, 0.2) is 0 Å². The molecule has 5 rings (SSSR count). The van der Waals surface area contributed by atoms with Gasteiger partial charge in [-0.25, -0.2) is 9.98 Å². The Bertz CT molecular complexity index is 1370. The van der Waals surface area contributed by atoms with E-state index in [1.807, 2.05) is 121 Å². The molecule has 4 N–H and O–H groups in total. The summed E-state index contributed by atoms with van der Waals surface area (Å²) >= 11 is 0. The number of rotatable bonds is 6. The Hall–Kier alpha value is -4.32. The zero-order chi connectivity index (χ0) is 24.0. The van der Waals surface area contributed by atoms with Crippen molar-refractivity contribution in [2.75, 3.05) is 0 Å². The van der Waals surface area contributed by atoms with E-state index in [2.05, 4.69) is 9.98 Å². The fourth-order valence-electron chi connectivity index (χ4n) is 3.67. The van der Waals surface area contributed by atoms with Crippen LogP contribution in [0.3, 0.4) is 0 Å². The summed E-state index contributed by atoms with van der Waals surface area (Å²) in [6.07, 6.45) is 0. The van der Waals surface area contributed by atoms with Crippen LogP contribution in [-0.4, -0.2) is 11.7 Å². The Morgan fingerprint density at radius 1 is 0.459 bits per heavy atom. The zero-order valence-electron chi connectivity index (χ0n) is 19.8. The van der Waals surface area contributed by atoms with Crippen LogP contribution in [-0.2, 0) is 0 Å².